The third-order valence-corrected chi connectivity index (χ3v) is 3.97. The van der Waals surface area contributed by atoms with Crippen molar-refractivity contribution in [2.75, 3.05) is 0 Å². The lowest BCUT2D eigenvalue weighted by Gasteiger charge is -2.08. The molecule has 19 heavy (non-hydrogen) atoms. The molecule has 0 unspecified atom stereocenters. The maximum atomic E-state index is 14.0. The maximum Gasteiger partial charge on any atom is 0.196 e. The molecule has 0 fully saturated rings. The average molecular weight is 346 g/mol. The molecule has 0 amide bonds. The van der Waals surface area contributed by atoms with E-state index in [1.807, 2.05) is 0 Å². The van der Waals surface area contributed by atoms with E-state index in [0.717, 1.165) is 0 Å². The number of ketones is 1. The van der Waals surface area contributed by atoms with Gasteiger partial charge in [0, 0.05) is 10.0 Å². The molecule has 0 heterocycles. The van der Waals surface area contributed by atoms with Crippen LogP contribution in [0.2, 0.25) is 5.02 Å². The lowest BCUT2D eigenvalue weighted by atomic mass is 9.99. The van der Waals surface area contributed by atoms with Gasteiger partial charge in [-0.05, 0) is 58.7 Å². The second kappa shape index (κ2) is 5.39. The Morgan fingerprint density at radius 3 is 2.42 bits per heavy atom. The molecular formula is C14H8BrClF2O. The van der Waals surface area contributed by atoms with Crippen molar-refractivity contribution in [3.8, 4) is 0 Å². The first kappa shape index (κ1) is 14.2. The Morgan fingerprint density at radius 2 is 1.79 bits per heavy atom. The molecule has 0 aliphatic carbocycles. The minimum absolute atomic E-state index is 0.136. The molecule has 2 rings (SSSR count). The van der Waals surface area contributed by atoms with Crippen LogP contribution in [0.5, 0.6) is 0 Å². The number of hydrogen-bond acceptors (Lipinski definition) is 1. The normalized spacial score (nSPS) is 10.6. The lowest BCUT2D eigenvalue weighted by molar-refractivity contribution is 0.103. The highest BCUT2D eigenvalue weighted by Crippen LogP contribution is 2.29. The zero-order valence-electron chi connectivity index (χ0n) is 9.81. The minimum Gasteiger partial charge on any atom is -0.288 e. The molecule has 0 bridgehead atoms. The van der Waals surface area contributed by atoms with Gasteiger partial charge in [-0.3, -0.25) is 4.79 Å². The minimum atomic E-state index is -0.787. The van der Waals surface area contributed by atoms with Gasteiger partial charge in [-0.1, -0.05) is 11.6 Å². The zero-order chi connectivity index (χ0) is 14.2. The molecule has 0 spiro atoms. The van der Waals surface area contributed by atoms with Crippen LogP contribution in [0.1, 0.15) is 21.5 Å². The summed E-state index contributed by atoms with van der Waals surface area (Å²) in [6, 6.07) is 6.57. The Balaban J connectivity index is 2.53. The fourth-order valence-corrected chi connectivity index (χ4v) is 2.20. The van der Waals surface area contributed by atoms with E-state index in [2.05, 4.69) is 15.9 Å². The summed E-state index contributed by atoms with van der Waals surface area (Å²) < 4.78 is 27.3. The largest absolute Gasteiger partial charge is 0.288 e. The predicted molar refractivity (Wildman–Crippen MR) is 73.7 cm³/mol. The van der Waals surface area contributed by atoms with Gasteiger partial charge >= 0.3 is 0 Å². The summed E-state index contributed by atoms with van der Waals surface area (Å²) in [5.74, 6) is -1.75. The Labute approximate surface area is 122 Å². The number of carbonyl (C=O) groups excluding carboxylic acids is 1. The highest BCUT2D eigenvalue weighted by atomic mass is 79.9. The smallest absolute Gasteiger partial charge is 0.196 e. The van der Waals surface area contributed by atoms with Gasteiger partial charge in [-0.15, -0.1) is 0 Å². The van der Waals surface area contributed by atoms with Crippen LogP contribution in [0.25, 0.3) is 0 Å². The molecule has 0 radical (unpaired) electrons. The summed E-state index contributed by atoms with van der Waals surface area (Å²) in [4.78, 5) is 12.2. The molecule has 2 aromatic rings. The summed E-state index contributed by atoms with van der Waals surface area (Å²) in [7, 11) is 0. The first-order chi connectivity index (χ1) is 8.91. The van der Waals surface area contributed by atoms with Crippen LogP contribution >= 0.6 is 27.5 Å². The van der Waals surface area contributed by atoms with E-state index in [1.54, 1.807) is 6.92 Å². The van der Waals surface area contributed by atoms with Gasteiger partial charge < -0.3 is 0 Å². The summed E-state index contributed by atoms with van der Waals surface area (Å²) >= 11 is 8.82. The lowest BCUT2D eigenvalue weighted by Crippen LogP contribution is -2.07. The summed E-state index contributed by atoms with van der Waals surface area (Å²) in [6.45, 7) is 1.59. The Morgan fingerprint density at radius 1 is 1.16 bits per heavy atom. The van der Waals surface area contributed by atoms with E-state index in [9.17, 15) is 13.6 Å². The predicted octanol–water partition coefficient (Wildman–Crippen LogP) is 4.92. The zero-order valence-corrected chi connectivity index (χ0v) is 12.1. The van der Waals surface area contributed by atoms with E-state index in [0.29, 0.717) is 10.0 Å². The van der Waals surface area contributed by atoms with Crippen LogP contribution < -0.4 is 0 Å². The molecule has 0 N–H and O–H groups in total. The quantitative estimate of drug-likeness (QED) is 0.558. The van der Waals surface area contributed by atoms with Crippen molar-refractivity contribution in [2.45, 2.75) is 6.92 Å². The number of aryl methyl sites for hydroxylation is 1. The number of carbonyl (C=O) groups is 1. The third-order valence-electron chi connectivity index (χ3n) is 2.71. The second-order valence-electron chi connectivity index (χ2n) is 4.01. The first-order valence-electron chi connectivity index (χ1n) is 5.36. The molecule has 5 heteroatoms. The monoisotopic (exact) mass is 344 g/mol. The van der Waals surface area contributed by atoms with Crippen molar-refractivity contribution in [3.05, 3.63) is 68.2 Å². The number of hydrogen-bond donors (Lipinski definition) is 0. The van der Waals surface area contributed by atoms with Gasteiger partial charge in [0.05, 0.1) is 10.6 Å². The van der Waals surface area contributed by atoms with Crippen molar-refractivity contribution in [2.24, 2.45) is 0 Å². The first-order valence-corrected chi connectivity index (χ1v) is 6.53. The molecule has 98 valence electrons. The van der Waals surface area contributed by atoms with Gasteiger partial charge in [0.25, 0.3) is 0 Å². The van der Waals surface area contributed by atoms with Crippen molar-refractivity contribution >= 4 is 33.3 Å². The van der Waals surface area contributed by atoms with Crippen molar-refractivity contribution < 1.29 is 13.6 Å². The molecule has 2 aromatic carbocycles. The summed E-state index contributed by atoms with van der Waals surface area (Å²) in [5, 5.41) is -0.148. The van der Waals surface area contributed by atoms with E-state index in [-0.39, 0.29) is 16.1 Å². The Kier molecular flexibility index (Phi) is 4.02. The summed E-state index contributed by atoms with van der Waals surface area (Å²) in [6.07, 6.45) is 0. The molecule has 0 aromatic heterocycles. The Bertz CT molecular complexity index is 671. The van der Waals surface area contributed by atoms with Crippen molar-refractivity contribution in [1.82, 2.24) is 0 Å². The average Bonchev–Trinajstić information content (AvgIpc) is 2.35. The molecule has 1 nitrogen and oxygen atoms in total. The van der Waals surface area contributed by atoms with E-state index in [4.69, 9.17) is 11.6 Å². The molecule has 0 saturated carbocycles. The van der Waals surface area contributed by atoms with Gasteiger partial charge in [-0.2, -0.15) is 0 Å². The number of halogens is 4. The van der Waals surface area contributed by atoms with E-state index < -0.39 is 17.4 Å². The highest BCUT2D eigenvalue weighted by Gasteiger charge is 2.19. The molecular weight excluding hydrogens is 338 g/mol. The standard InChI is InChI=1S/C14H8BrClF2O/c1-7-6-8(17)2-3-9(7)14(19)10-4-5-11(15)12(16)13(10)18/h2-6H,1H3. The van der Waals surface area contributed by atoms with Crippen LogP contribution in [0, 0.1) is 18.6 Å². The van der Waals surface area contributed by atoms with Crippen LogP contribution in [-0.2, 0) is 0 Å². The van der Waals surface area contributed by atoms with Gasteiger partial charge in [-0.25, -0.2) is 8.78 Å². The second-order valence-corrected chi connectivity index (χ2v) is 5.24. The van der Waals surface area contributed by atoms with Crippen LogP contribution in [-0.4, -0.2) is 5.78 Å². The molecule has 0 saturated heterocycles. The fraction of sp³-hybridized carbons (Fsp3) is 0.0714. The number of rotatable bonds is 2. The molecule has 0 aliphatic rings. The summed E-state index contributed by atoms with van der Waals surface area (Å²) in [5.41, 5.74) is 0.560. The third kappa shape index (κ3) is 2.69. The van der Waals surface area contributed by atoms with Crippen molar-refractivity contribution in [1.29, 1.82) is 0 Å². The molecule has 0 atom stereocenters. The van der Waals surface area contributed by atoms with Crippen LogP contribution in [0.15, 0.2) is 34.8 Å². The SMILES string of the molecule is Cc1cc(F)ccc1C(=O)c1ccc(Br)c(Cl)c1F. The van der Waals surface area contributed by atoms with Gasteiger partial charge in [0.15, 0.2) is 11.6 Å². The van der Waals surface area contributed by atoms with E-state index >= 15 is 0 Å². The maximum absolute atomic E-state index is 14.0. The van der Waals surface area contributed by atoms with E-state index in [1.165, 1.54) is 30.3 Å². The van der Waals surface area contributed by atoms with Crippen molar-refractivity contribution in [3.63, 3.8) is 0 Å². The fourth-order valence-electron chi connectivity index (χ4n) is 1.73. The van der Waals surface area contributed by atoms with Gasteiger partial charge in [0.2, 0.25) is 0 Å². The van der Waals surface area contributed by atoms with Crippen LogP contribution in [0.3, 0.4) is 0 Å². The molecule has 0 aliphatic heterocycles. The number of benzene rings is 2. The van der Waals surface area contributed by atoms with Gasteiger partial charge in [0.1, 0.15) is 5.82 Å². The Hall–Kier alpha value is -1.26. The topological polar surface area (TPSA) is 17.1 Å². The van der Waals surface area contributed by atoms with Crippen LogP contribution in [0.4, 0.5) is 8.78 Å². The highest BCUT2D eigenvalue weighted by molar-refractivity contribution is 9.10.